The van der Waals surface area contributed by atoms with Gasteiger partial charge in [-0.15, -0.1) is 0 Å². The van der Waals surface area contributed by atoms with Crippen molar-refractivity contribution in [3.8, 4) is 0 Å². The monoisotopic (exact) mass is 351 g/mol. The van der Waals surface area contributed by atoms with E-state index in [0.29, 0.717) is 13.2 Å². The van der Waals surface area contributed by atoms with Gasteiger partial charge in [0, 0.05) is 17.6 Å². The van der Waals surface area contributed by atoms with Crippen molar-refractivity contribution in [1.82, 2.24) is 4.90 Å². The van der Waals surface area contributed by atoms with E-state index in [0.717, 1.165) is 6.07 Å². The number of rotatable bonds is 1. The Kier molecular flexibility index (Phi) is 4.39. The molecule has 2 rings (SSSR count). The Morgan fingerprint density at radius 1 is 1.45 bits per heavy atom. The lowest BCUT2D eigenvalue weighted by molar-refractivity contribution is -0.138. The lowest BCUT2D eigenvalue weighted by Gasteiger charge is -2.32. The van der Waals surface area contributed by atoms with E-state index in [9.17, 15) is 18.0 Å². The molecule has 0 saturated carbocycles. The van der Waals surface area contributed by atoms with E-state index in [-0.39, 0.29) is 22.7 Å². The molecule has 1 aromatic carbocycles. The molecule has 3 nitrogen and oxygen atoms in total. The minimum atomic E-state index is -4.56. The summed E-state index contributed by atoms with van der Waals surface area (Å²) in [6, 6.07) is 3.62. The minimum Gasteiger partial charge on any atom is -0.375 e. The second-order valence-corrected chi connectivity index (χ2v) is 5.45. The van der Waals surface area contributed by atoms with Gasteiger partial charge >= 0.3 is 6.18 Å². The van der Waals surface area contributed by atoms with Crippen molar-refractivity contribution >= 4 is 21.8 Å². The maximum absolute atomic E-state index is 13.0. The van der Waals surface area contributed by atoms with E-state index in [2.05, 4.69) is 15.9 Å². The molecule has 0 unspecified atom stereocenters. The summed E-state index contributed by atoms with van der Waals surface area (Å²) in [5, 5.41) is 0. The Bertz CT molecular complexity index is 519. The highest BCUT2D eigenvalue weighted by Crippen LogP contribution is 2.35. The van der Waals surface area contributed by atoms with E-state index in [4.69, 9.17) is 4.74 Å². The Labute approximate surface area is 122 Å². The van der Waals surface area contributed by atoms with Crippen LogP contribution in [0.5, 0.6) is 0 Å². The molecule has 0 spiro atoms. The standard InChI is InChI=1S/C13H13BrF3NO2/c1-8-7-18(5-6-20-8)12(19)11-9(13(15,16)17)3-2-4-10(11)14/h2-4,8H,5-7H2,1H3/t8-/m1/s1. The first-order valence-corrected chi connectivity index (χ1v) is 6.86. The number of ether oxygens (including phenoxy) is 1. The van der Waals surface area contributed by atoms with Crippen LogP contribution < -0.4 is 0 Å². The smallest absolute Gasteiger partial charge is 0.375 e. The van der Waals surface area contributed by atoms with Crippen molar-refractivity contribution in [1.29, 1.82) is 0 Å². The molecule has 0 radical (unpaired) electrons. The molecule has 1 aromatic rings. The number of amides is 1. The summed E-state index contributed by atoms with van der Waals surface area (Å²) >= 11 is 3.04. The van der Waals surface area contributed by atoms with Crippen molar-refractivity contribution in [2.45, 2.75) is 19.2 Å². The van der Waals surface area contributed by atoms with Crippen molar-refractivity contribution in [2.75, 3.05) is 19.7 Å². The number of carbonyl (C=O) groups is 1. The first-order valence-electron chi connectivity index (χ1n) is 6.07. The lowest BCUT2D eigenvalue weighted by Crippen LogP contribution is -2.45. The maximum Gasteiger partial charge on any atom is 0.417 e. The third kappa shape index (κ3) is 3.15. The van der Waals surface area contributed by atoms with Crippen LogP contribution in [0.1, 0.15) is 22.8 Å². The van der Waals surface area contributed by atoms with Gasteiger partial charge in [0.2, 0.25) is 0 Å². The van der Waals surface area contributed by atoms with Gasteiger partial charge in [-0.2, -0.15) is 13.2 Å². The fourth-order valence-electron chi connectivity index (χ4n) is 2.14. The second kappa shape index (κ2) is 5.73. The largest absolute Gasteiger partial charge is 0.417 e. The number of benzene rings is 1. The van der Waals surface area contributed by atoms with Crippen molar-refractivity contribution in [3.63, 3.8) is 0 Å². The molecular weight excluding hydrogens is 339 g/mol. The van der Waals surface area contributed by atoms with Gasteiger partial charge in [0.05, 0.1) is 23.8 Å². The fraction of sp³-hybridized carbons (Fsp3) is 0.462. The molecule has 110 valence electrons. The fourth-order valence-corrected chi connectivity index (χ4v) is 2.67. The summed E-state index contributed by atoms with van der Waals surface area (Å²) in [4.78, 5) is 13.8. The van der Waals surface area contributed by atoms with Crippen LogP contribution >= 0.6 is 15.9 Å². The molecule has 0 N–H and O–H groups in total. The van der Waals surface area contributed by atoms with E-state index in [1.807, 2.05) is 0 Å². The number of hydrogen-bond acceptors (Lipinski definition) is 2. The molecule has 0 bridgehead atoms. The summed E-state index contributed by atoms with van der Waals surface area (Å²) in [6.07, 6.45) is -4.74. The van der Waals surface area contributed by atoms with Crippen molar-refractivity contribution < 1.29 is 22.7 Å². The van der Waals surface area contributed by atoms with Gasteiger partial charge in [-0.1, -0.05) is 6.07 Å². The second-order valence-electron chi connectivity index (χ2n) is 4.59. The number of nitrogens with zero attached hydrogens (tertiary/aromatic N) is 1. The predicted octanol–water partition coefficient (Wildman–Crippen LogP) is 3.33. The number of halogens is 4. The summed E-state index contributed by atoms with van der Waals surface area (Å²) in [5.74, 6) is -0.625. The topological polar surface area (TPSA) is 29.5 Å². The average Bonchev–Trinajstić information content (AvgIpc) is 2.36. The predicted molar refractivity (Wildman–Crippen MR) is 70.5 cm³/mol. The highest BCUT2D eigenvalue weighted by Gasteiger charge is 2.37. The van der Waals surface area contributed by atoms with Crippen LogP contribution in [0.4, 0.5) is 13.2 Å². The van der Waals surface area contributed by atoms with Crippen molar-refractivity contribution in [2.24, 2.45) is 0 Å². The lowest BCUT2D eigenvalue weighted by atomic mass is 10.1. The van der Waals surface area contributed by atoms with E-state index < -0.39 is 17.6 Å². The maximum atomic E-state index is 13.0. The number of alkyl halides is 3. The molecule has 1 amide bonds. The number of morpholine rings is 1. The van der Waals surface area contributed by atoms with Crippen LogP contribution in [-0.2, 0) is 10.9 Å². The first kappa shape index (κ1) is 15.3. The highest BCUT2D eigenvalue weighted by molar-refractivity contribution is 9.10. The zero-order chi connectivity index (χ0) is 14.9. The van der Waals surface area contributed by atoms with Crippen LogP contribution in [0, 0.1) is 0 Å². The normalized spacial score (nSPS) is 20.1. The third-order valence-electron chi connectivity index (χ3n) is 3.06. The van der Waals surface area contributed by atoms with Gasteiger partial charge in [0.25, 0.3) is 5.91 Å². The van der Waals surface area contributed by atoms with Crippen LogP contribution in [0.2, 0.25) is 0 Å². The van der Waals surface area contributed by atoms with Crippen LogP contribution in [0.3, 0.4) is 0 Å². The molecule has 7 heteroatoms. The van der Waals surface area contributed by atoms with Crippen LogP contribution in [-0.4, -0.2) is 36.6 Å². The number of hydrogen-bond donors (Lipinski definition) is 0. The van der Waals surface area contributed by atoms with Gasteiger partial charge in [-0.25, -0.2) is 0 Å². The summed E-state index contributed by atoms with van der Waals surface area (Å²) in [5.41, 5.74) is -1.26. The zero-order valence-corrected chi connectivity index (χ0v) is 12.3. The molecular formula is C13H13BrF3NO2. The Morgan fingerprint density at radius 3 is 2.75 bits per heavy atom. The summed E-state index contributed by atoms with van der Waals surface area (Å²) in [7, 11) is 0. The molecule has 1 fully saturated rings. The third-order valence-corrected chi connectivity index (χ3v) is 3.72. The molecule has 1 saturated heterocycles. The molecule has 1 aliphatic heterocycles. The Hall–Kier alpha value is -1.08. The van der Waals surface area contributed by atoms with Crippen molar-refractivity contribution in [3.05, 3.63) is 33.8 Å². The summed E-state index contributed by atoms with van der Waals surface area (Å²) in [6.45, 7) is 2.70. The summed E-state index contributed by atoms with van der Waals surface area (Å²) < 4.78 is 44.5. The van der Waals surface area contributed by atoms with Gasteiger partial charge in [-0.3, -0.25) is 4.79 Å². The molecule has 0 aromatic heterocycles. The molecule has 1 atom stereocenters. The van der Waals surface area contributed by atoms with Crippen LogP contribution in [0.25, 0.3) is 0 Å². The Balaban J connectivity index is 2.39. The van der Waals surface area contributed by atoms with Crippen LogP contribution in [0.15, 0.2) is 22.7 Å². The van der Waals surface area contributed by atoms with Gasteiger partial charge in [-0.05, 0) is 35.0 Å². The van der Waals surface area contributed by atoms with E-state index in [1.165, 1.54) is 17.0 Å². The van der Waals surface area contributed by atoms with Gasteiger partial charge in [0.15, 0.2) is 0 Å². The molecule has 1 aliphatic rings. The van der Waals surface area contributed by atoms with E-state index >= 15 is 0 Å². The minimum absolute atomic E-state index is 0.150. The van der Waals surface area contributed by atoms with E-state index in [1.54, 1.807) is 6.92 Å². The highest BCUT2D eigenvalue weighted by atomic mass is 79.9. The quantitative estimate of drug-likeness (QED) is 0.776. The first-order chi connectivity index (χ1) is 9.30. The Morgan fingerprint density at radius 2 is 2.15 bits per heavy atom. The zero-order valence-electron chi connectivity index (χ0n) is 10.7. The molecule has 0 aliphatic carbocycles. The molecule has 20 heavy (non-hydrogen) atoms. The van der Waals surface area contributed by atoms with Gasteiger partial charge in [0.1, 0.15) is 0 Å². The van der Waals surface area contributed by atoms with Gasteiger partial charge < -0.3 is 9.64 Å². The number of carbonyl (C=O) groups excluding carboxylic acids is 1. The average molecular weight is 352 g/mol. The SMILES string of the molecule is C[C@@H]1CN(C(=O)c2c(Br)cccc2C(F)(F)F)CCO1. The molecule has 1 heterocycles.